The van der Waals surface area contributed by atoms with Crippen molar-refractivity contribution in [1.82, 2.24) is 10.2 Å². The fourth-order valence-corrected chi connectivity index (χ4v) is 4.15. The molecular formula is C16H16ClF3N2S. The Bertz CT molecular complexity index is 665. The highest BCUT2D eigenvalue weighted by Gasteiger charge is 2.37. The van der Waals surface area contributed by atoms with Gasteiger partial charge in [-0.2, -0.15) is 13.2 Å². The van der Waals surface area contributed by atoms with Gasteiger partial charge in [-0.1, -0.05) is 29.8 Å². The van der Waals surface area contributed by atoms with Crippen LogP contribution in [0.3, 0.4) is 0 Å². The monoisotopic (exact) mass is 360 g/mol. The SMILES string of the molecule is FC(F)(F)c1ccccc1C(c1ccc(Cl)s1)N1CCNCC1. The molecule has 1 fully saturated rings. The summed E-state index contributed by atoms with van der Waals surface area (Å²) in [7, 11) is 0. The number of nitrogens with zero attached hydrogens (tertiary/aromatic N) is 1. The lowest BCUT2D eigenvalue weighted by Gasteiger charge is -2.35. The molecule has 124 valence electrons. The number of nitrogens with one attached hydrogen (secondary N) is 1. The zero-order valence-electron chi connectivity index (χ0n) is 12.2. The summed E-state index contributed by atoms with van der Waals surface area (Å²) in [5.74, 6) is 0. The first-order chi connectivity index (χ1) is 11.0. The number of alkyl halides is 3. The molecule has 1 aromatic heterocycles. The minimum atomic E-state index is -4.37. The molecule has 0 amide bonds. The molecule has 1 aliphatic rings. The van der Waals surface area contributed by atoms with Crippen LogP contribution >= 0.6 is 22.9 Å². The lowest BCUT2D eigenvalue weighted by Crippen LogP contribution is -2.45. The maximum Gasteiger partial charge on any atom is 0.416 e. The van der Waals surface area contributed by atoms with Crippen molar-refractivity contribution < 1.29 is 13.2 Å². The Kier molecular flexibility index (Phi) is 4.96. The molecule has 0 radical (unpaired) electrons. The fraction of sp³-hybridized carbons (Fsp3) is 0.375. The Morgan fingerprint density at radius 3 is 2.39 bits per heavy atom. The van der Waals surface area contributed by atoms with Crippen LogP contribution in [0.25, 0.3) is 0 Å². The molecule has 1 aromatic carbocycles. The zero-order chi connectivity index (χ0) is 16.4. The lowest BCUT2D eigenvalue weighted by atomic mass is 9.96. The molecule has 2 heterocycles. The number of rotatable bonds is 3. The third kappa shape index (κ3) is 3.71. The molecule has 2 aromatic rings. The highest BCUT2D eigenvalue weighted by Crippen LogP contribution is 2.41. The summed E-state index contributed by atoms with van der Waals surface area (Å²) >= 11 is 7.37. The number of hydrogen-bond donors (Lipinski definition) is 1. The van der Waals surface area contributed by atoms with Crippen molar-refractivity contribution in [3.63, 3.8) is 0 Å². The van der Waals surface area contributed by atoms with Crippen LogP contribution in [0.1, 0.15) is 22.0 Å². The zero-order valence-corrected chi connectivity index (χ0v) is 13.8. The molecule has 0 saturated carbocycles. The first-order valence-corrected chi connectivity index (χ1v) is 8.52. The summed E-state index contributed by atoms with van der Waals surface area (Å²) in [5, 5.41) is 3.24. The molecule has 0 aliphatic carbocycles. The summed E-state index contributed by atoms with van der Waals surface area (Å²) in [6, 6.07) is 8.97. The molecule has 1 aliphatic heterocycles. The third-order valence-corrected chi connectivity index (χ3v) is 5.22. The molecule has 1 unspecified atom stereocenters. The van der Waals surface area contributed by atoms with Gasteiger partial charge in [0.05, 0.1) is 15.9 Å². The van der Waals surface area contributed by atoms with E-state index in [1.165, 1.54) is 17.4 Å². The van der Waals surface area contributed by atoms with Gasteiger partial charge in [0.2, 0.25) is 0 Å². The molecule has 3 rings (SSSR count). The average molecular weight is 361 g/mol. The maximum atomic E-state index is 13.4. The molecule has 23 heavy (non-hydrogen) atoms. The predicted octanol–water partition coefficient (Wildman–Crippen LogP) is 4.41. The Labute approximate surface area is 141 Å². The van der Waals surface area contributed by atoms with Gasteiger partial charge in [0.1, 0.15) is 0 Å². The van der Waals surface area contributed by atoms with Crippen LogP contribution in [-0.4, -0.2) is 31.1 Å². The van der Waals surface area contributed by atoms with Crippen LogP contribution in [0.2, 0.25) is 4.34 Å². The summed E-state index contributed by atoms with van der Waals surface area (Å²) in [5.41, 5.74) is -0.284. The summed E-state index contributed by atoms with van der Waals surface area (Å²) in [6.45, 7) is 2.94. The van der Waals surface area contributed by atoms with Crippen molar-refractivity contribution in [1.29, 1.82) is 0 Å². The molecule has 0 bridgehead atoms. The number of halogens is 4. The van der Waals surface area contributed by atoms with E-state index >= 15 is 0 Å². The third-order valence-electron chi connectivity index (χ3n) is 3.94. The smallest absolute Gasteiger partial charge is 0.314 e. The van der Waals surface area contributed by atoms with Gasteiger partial charge in [-0.3, -0.25) is 4.90 Å². The number of benzene rings is 1. The van der Waals surface area contributed by atoms with Crippen molar-refractivity contribution >= 4 is 22.9 Å². The molecular weight excluding hydrogens is 345 g/mol. The molecule has 1 saturated heterocycles. The lowest BCUT2D eigenvalue weighted by molar-refractivity contribution is -0.138. The van der Waals surface area contributed by atoms with Gasteiger partial charge >= 0.3 is 6.18 Å². The van der Waals surface area contributed by atoms with Gasteiger partial charge in [-0.25, -0.2) is 0 Å². The highest BCUT2D eigenvalue weighted by atomic mass is 35.5. The number of thiophene rings is 1. The first kappa shape index (κ1) is 16.8. The van der Waals surface area contributed by atoms with Gasteiger partial charge < -0.3 is 5.32 Å². The standard InChI is InChI=1S/C16H16ClF3N2S/c17-14-6-5-13(23-14)15(22-9-7-21-8-10-22)11-3-1-2-4-12(11)16(18,19)20/h1-6,15,21H,7-10H2. The van der Waals surface area contributed by atoms with Crippen molar-refractivity contribution in [3.05, 3.63) is 56.7 Å². The van der Waals surface area contributed by atoms with E-state index in [9.17, 15) is 13.2 Å². The van der Waals surface area contributed by atoms with E-state index in [2.05, 4.69) is 10.2 Å². The summed E-state index contributed by atoms with van der Waals surface area (Å²) in [6.07, 6.45) is -4.37. The van der Waals surface area contributed by atoms with Crippen LogP contribution in [-0.2, 0) is 6.18 Å². The van der Waals surface area contributed by atoms with Crippen LogP contribution in [0.15, 0.2) is 36.4 Å². The highest BCUT2D eigenvalue weighted by molar-refractivity contribution is 7.16. The van der Waals surface area contributed by atoms with Gasteiger partial charge in [-0.05, 0) is 23.8 Å². The predicted molar refractivity (Wildman–Crippen MR) is 87.1 cm³/mol. The van der Waals surface area contributed by atoms with Crippen molar-refractivity contribution in [3.8, 4) is 0 Å². The molecule has 0 spiro atoms. The van der Waals surface area contributed by atoms with Crippen molar-refractivity contribution in [2.24, 2.45) is 0 Å². The second-order valence-electron chi connectivity index (χ2n) is 5.42. The molecule has 1 N–H and O–H groups in total. The van der Waals surface area contributed by atoms with Crippen molar-refractivity contribution in [2.45, 2.75) is 12.2 Å². The quantitative estimate of drug-likeness (QED) is 0.872. The maximum absolute atomic E-state index is 13.4. The van der Waals surface area contributed by atoms with Gasteiger partial charge in [-0.15, -0.1) is 11.3 Å². The van der Waals surface area contributed by atoms with Crippen LogP contribution in [0.5, 0.6) is 0 Å². The van der Waals surface area contributed by atoms with E-state index in [-0.39, 0.29) is 0 Å². The summed E-state index contributed by atoms with van der Waals surface area (Å²) < 4.78 is 40.9. The average Bonchev–Trinajstić information content (AvgIpc) is 2.94. The fourth-order valence-electron chi connectivity index (χ4n) is 2.94. The van der Waals surface area contributed by atoms with E-state index in [0.29, 0.717) is 23.0 Å². The first-order valence-electron chi connectivity index (χ1n) is 7.33. The van der Waals surface area contributed by atoms with E-state index in [0.717, 1.165) is 24.0 Å². The van der Waals surface area contributed by atoms with E-state index in [1.54, 1.807) is 18.2 Å². The largest absolute Gasteiger partial charge is 0.416 e. The van der Waals surface area contributed by atoms with E-state index in [1.807, 2.05) is 6.07 Å². The number of piperazine rings is 1. The number of hydrogen-bond acceptors (Lipinski definition) is 3. The van der Waals surface area contributed by atoms with Gasteiger partial charge in [0, 0.05) is 31.1 Å². The second-order valence-corrected chi connectivity index (χ2v) is 7.16. The Morgan fingerprint density at radius 1 is 1.09 bits per heavy atom. The van der Waals surface area contributed by atoms with Crippen LogP contribution in [0, 0.1) is 0 Å². The van der Waals surface area contributed by atoms with Crippen LogP contribution in [0.4, 0.5) is 13.2 Å². The second kappa shape index (κ2) is 6.81. The van der Waals surface area contributed by atoms with Gasteiger partial charge in [0.15, 0.2) is 0 Å². The summed E-state index contributed by atoms with van der Waals surface area (Å²) in [4.78, 5) is 2.93. The molecule has 2 nitrogen and oxygen atoms in total. The van der Waals surface area contributed by atoms with E-state index in [4.69, 9.17) is 11.6 Å². The van der Waals surface area contributed by atoms with E-state index < -0.39 is 17.8 Å². The minimum Gasteiger partial charge on any atom is -0.314 e. The molecule has 1 atom stereocenters. The topological polar surface area (TPSA) is 15.3 Å². The Morgan fingerprint density at radius 2 is 1.78 bits per heavy atom. The minimum absolute atomic E-state index is 0.292. The van der Waals surface area contributed by atoms with Crippen LogP contribution < -0.4 is 5.32 Å². The molecule has 7 heteroatoms. The van der Waals surface area contributed by atoms with Crippen molar-refractivity contribution in [2.75, 3.05) is 26.2 Å². The normalized spacial score (nSPS) is 18.1. The Balaban J connectivity index is 2.08. The van der Waals surface area contributed by atoms with Gasteiger partial charge in [0.25, 0.3) is 0 Å². The Hall–Kier alpha value is -1.08.